The smallest absolute Gasteiger partial charge is 0.0474 e. The highest BCUT2D eigenvalue weighted by atomic mass is 79.9. The average molecular weight is 305 g/mol. The van der Waals surface area contributed by atoms with E-state index in [2.05, 4.69) is 51.7 Å². The van der Waals surface area contributed by atoms with Gasteiger partial charge in [-0.2, -0.15) is 0 Å². The fourth-order valence-corrected chi connectivity index (χ4v) is 2.60. The lowest BCUT2D eigenvalue weighted by Gasteiger charge is -2.17. The second-order valence-electron chi connectivity index (χ2n) is 4.27. The summed E-state index contributed by atoms with van der Waals surface area (Å²) in [6.45, 7) is 0. The summed E-state index contributed by atoms with van der Waals surface area (Å²) in [5.41, 5.74) is 5.44. The molecule has 2 aromatic carbocycles. The van der Waals surface area contributed by atoms with Gasteiger partial charge in [0.15, 0.2) is 0 Å². The first-order valence-corrected chi connectivity index (χ1v) is 6.85. The first-order chi connectivity index (χ1) is 8.81. The lowest BCUT2D eigenvalue weighted by molar-refractivity contribution is 0.514. The maximum Gasteiger partial charge on any atom is 0.0474 e. The Hall–Kier alpha value is -1.16. The Morgan fingerprint density at radius 1 is 1.00 bits per heavy atom. The van der Waals surface area contributed by atoms with Crippen LogP contribution in [0.1, 0.15) is 23.6 Å². The number of nitrogens with two attached hydrogens (primary N) is 1. The van der Waals surface area contributed by atoms with E-state index >= 15 is 0 Å². The molecule has 2 rings (SSSR count). The lowest BCUT2D eigenvalue weighted by Crippen LogP contribution is -2.28. The van der Waals surface area contributed by atoms with Gasteiger partial charge in [-0.3, -0.25) is 11.3 Å². The highest BCUT2D eigenvalue weighted by Gasteiger charge is 2.12. The van der Waals surface area contributed by atoms with Crippen LogP contribution < -0.4 is 11.3 Å². The number of rotatable bonds is 5. The second-order valence-corrected chi connectivity index (χ2v) is 5.12. The number of hydrazine groups is 1. The van der Waals surface area contributed by atoms with Gasteiger partial charge in [0.2, 0.25) is 0 Å². The Bertz CT molecular complexity index is 485. The summed E-state index contributed by atoms with van der Waals surface area (Å²) in [6.07, 6.45) is 1.99. The molecule has 0 amide bonds. The van der Waals surface area contributed by atoms with E-state index in [4.69, 9.17) is 5.84 Å². The summed E-state index contributed by atoms with van der Waals surface area (Å²) >= 11 is 3.57. The van der Waals surface area contributed by atoms with Crippen molar-refractivity contribution in [1.29, 1.82) is 0 Å². The van der Waals surface area contributed by atoms with Gasteiger partial charge in [0.05, 0.1) is 0 Å². The number of hydrogen-bond acceptors (Lipinski definition) is 2. The molecule has 0 radical (unpaired) electrons. The largest absolute Gasteiger partial charge is 0.271 e. The molecule has 0 bridgehead atoms. The maximum atomic E-state index is 5.67. The van der Waals surface area contributed by atoms with Crippen LogP contribution in [0.4, 0.5) is 0 Å². The van der Waals surface area contributed by atoms with Crippen molar-refractivity contribution in [1.82, 2.24) is 5.43 Å². The first kappa shape index (κ1) is 13.3. The minimum atomic E-state index is 0.167. The number of nitrogens with one attached hydrogen (secondary N) is 1. The van der Waals surface area contributed by atoms with Crippen molar-refractivity contribution in [3.05, 3.63) is 70.2 Å². The van der Waals surface area contributed by atoms with Crippen LogP contribution in [0.15, 0.2) is 59.1 Å². The van der Waals surface area contributed by atoms with Gasteiger partial charge in [0.25, 0.3) is 0 Å². The number of benzene rings is 2. The number of hydrogen-bond donors (Lipinski definition) is 2. The van der Waals surface area contributed by atoms with Crippen molar-refractivity contribution < 1.29 is 0 Å². The molecule has 1 atom stereocenters. The number of halogens is 1. The molecule has 2 aromatic rings. The molecule has 0 aliphatic rings. The van der Waals surface area contributed by atoms with E-state index < -0.39 is 0 Å². The van der Waals surface area contributed by atoms with Crippen LogP contribution in [0.3, 0.4) is 0 Å². The van der Waals surface area contributed by atoms with Crippen LogP contribution in [0, 0.1) is 0 Å². The van der Waals surface area contributed by atoms with E-state index in [1.807, 2.05) is 24.3 Å². The fourth-order valence-electron chi connectivity index (χ4n) is 2.04. The first-order valence-electron chi connectivity index (χ1n) is 6.05. The molecule has 3 heteroatoms. The van der Waals surface area contributed by atoms with Gasteiger partial charge in [-0.1, -0.05) is 64.5 Å². The average Bonchev–Trinajstić information content (AvgIpc) is 2.42. The normalized spacial score (nSPS) is 12.3. The van der Waals surface area contributed by atoms with Gasteiger partial charge in [-0.15, -0.1) is 0 Å². The molecule has 0 aliphatic heterocycles. The van der Waals surface area contributed by atoms with E-state index in [0.717, 1.165) is 17.3 Å². The van der Waals surface area contributed by atoms with Gasteiger partial charge in [0, 0.05) is 10.5 Å². The Balaban J connectivity index is 2.04. The Kier molecular flexibility index (Phi) is 4.93. The molecule has 0 heterocycles. The van der Waals surface area contributed by atoms with Crippen molar-refractivity contribution >= 4 is 15.9 Å². The van der Waals surface area contributed by atoms with E-state index in [0.29, 0.717) is 0 Å². The Morgan fingerprint density at radius 2 is 1.67 bits per heavy atom. The predicted octanol–water partition coefficient (Wildman–Crippen LogP) is 3.59. The molecule has 0 saturated heterocycles. The van der Waals surface area contributed by atoms with Crippen LogP contribution in [-0.4, -0.2) is 0 Å². The minimum absolute atomic E-state index is 0.167. The van der Waals surface area contributed by atoms with Crippen LogP contribution in [0.25, 0.3) is 0 Å². The van der Waals surface area contributed by atoms with Crippen molar-refractivity contribution in [2.45, 2.75) is 18.9 Å². The fraction of sp³-hybridized carbons (Fsp3) is 0.200. The molecular formula is C15H17BrN2. The summed E-state index contributed by atoms with van der Waals surface area (Å²) < 4.78 is 1.10. The van der Waals surface area contributed by atoms with Crippen molar-refractivity contribution in [3.8, 4) is 0 Å². The molecule has 0 aliphatic carbocycles. The quantitative estimate of drug-likeness (QED) is 0.654. The molecule has 1 unspecified atom stereocenters. The molecular weight excluding hydrogens is 288 g/mol. The monoisotopic (exact) mass is 304 g/mol. The molecule has 94 valence electrons. The zero-order valence-electron chi connectivity index (χ0n) is 10.1. The Labute approximate surface area is 116 Å². The van der Waals surface area contributed by atoms with E-state index in [1.54, 1.807) is 0 Å². The van der Waals surface area contributed by atoms with Gasteiger partial charge >= 0.3 is 0 Å². The summed E-state index contributed by atoms with van der Waals surface area (Å²) in [7, 11) is 0. The summed E-state index contributed by atoms with van der Waals surface area (Å²) in [5, 5.41) is 0. The third-order valence-corrected chi connectivity index (χ3v) is 3.77. The van der Waals surface area contributed by atoms with Crippen LogP contribution in [-0.2, 0) is 6.42 Å². The van der Waals surface area contributed by atoms with Crippen LogP contribution >= 0.6 is 15.9 Å². The molecule has 18 heavy (non-hydrogen) atoms. The van der Waals surface area contributed by atoms with Crippen molar-refractivity contribution in [2.75, 3.05) is 0 Å². The number of aryl methyl sites for hydroxylation is 1. The second kappa shape index (κ2) is 6.69. The predicted molar refractivity (Wildman–Crippen MR) is 79.0 cm³/mol. The van der Waals surface area contributed by atoms with Gasteiger partial charge in [0.1, 0.15) is 0 Å². The molecule has 0 spiro atoms. The summed E-state index contributed by atoms with van der Waals surface area (Å²) in [5.74, 6) is 5.67. The van der Waals surface area contributed by atoms with Crippen LogP contribution in [0.5, 0.6) is 0 Å². The molecule has 0 saturated carbocycles. The van der Waals surface area contributed by atoms with Crippen molar-refractivity contribution in [3.63, 3.8) is 0 Å². The van der Waals surface area contributed by atoms with E-state index in [9.17, 15) is 0 Å². The topological polar surface area (TPSA) is 38.0 Å². The van der Waals surface area contributed by atoms with Crippen LogP contribution in [0.2, 0.25) is 0 Å². The van der Waals surface area contributed by atoms with Gasteiger partial charge < -0.3 is 0 Å². The van der Waals surface area contributed by atoms with Crippen molar-refractivity contribution in [2.24, 2.45) is 5.84 Å². The highest BCUT2D eigenvalue weighted by Crippen LogP contribution is 2.25. The third kappa shape index (κ3) is 3.42. The summed E-state index contributed by atoms with van der Waals surface area (Å²) in [6, 6.07) is 18.8. The summed E-state index contributed by atoms with van der Waals surface area (Å²) in [4.78, 5) is 0. The van der Waals surface area contributed by atoms with E-state index in [1.165, 1.54) is 11.1 Å². The molecule has 2 nitrogen and oxygen atoms in total. The third-order valence-electron chi connectivity index (χ3n) is 3.05. The minimum Gasteiger partial charge on any atom is -0.271 e. The zero-order valence-corrected chi connectivity index (χ0v) is 11.7. The molecule has 3 N–H and O–H groups in total. The lowest BCUT2D eigenvalue weighted by atomic mass is 9.99. The SMILES string of the molecule is NNC(CCc1ccccc1)c1ccccc1Br. The van der Waals surface area contributed by atoms with E-state index in [-0.39, 0.29) is 6.04 Å². The van der Waals surface area contributed by atoms with Gasteiger partial charge in [-0.05, 0) is 30.0 Å². The Morgan fingerprint density at radius 3 is 2.33 bits per heavy atom. The maximum absolute atomic E-state index is 5.67. The molecule has 0 fully saturated rings. The molecule has 0 aromatic heterocycles. The zero-order chi connectivity index (χ0) is 12.8. The highest BCUT2D eigenvalue weighted by molar-refractivity contribution is 9.10. The van der Waals surface area contributed by atoms with Gasteiger partial charge in [-0.25, -0.2) is 0 Å². The standard InChI is InChI=1S/C15H17BrN2/c16-14-9-5-4-8-13(14)15(18-17)11-10-12-6-2-1-3-7-12/h1-9,15,18H,10-11,17H2.